The number of nitrogens with zero attached hydrogens (tertiary/aromatic N) is 2. The first-order chi connectivity index (χ1) is 19.5. The van der Waals surface area contributed by atoms with Crippen LogP contribution in [0.1, 0.15) is 36.5 Å². The van der Waals surface area contributed by atoms with Crippen LogP contribution >= 0.6 is 11.6 Å². The Morgan fingerprint density at radius 3 is 2.34 bits per heavy atom. The van der Waals surface area contributed by atoms with Crippen LogP contribution in [0.4, 0.5) is 5.69 Å². The van der Waals surface area contributed by atoms with Crippen LogP contribution in [-0.4, -0.2) is 57.6 Å². The molecule has 3 rings (SSSR count). The maximum absolute atomic E-state index is 14.1. The molecule has 0 aliphatic rings. The van der Waals surface area contributed by atoms with Gasteiger partial charge in [0.1, 0.15) is 18.3 Å². The molecular weight excluding hydrogens is 562 g/mol. The van der Waals surface area contributed by atoms with Gasteiger partial charge in [-0.2, -0.15) is 0 Å². The van der Waals surface area contributed by atoms with Gasteiger partial charge in [0.25, 0.3) is 0 Å². The van der Waals surface area contributed by atoms with Crippen LogP contribution in [0, 0.1) is 6.92 Å². The Morgan fingerprint density at radius 2 is 1.71 bits per heavy atom. The molecular formula is C31H38ClN3O5S. The Hall–Kier alpha value is -3.56. The molecule has 0 aromatic heterocycles. The minimum Gasteiger partial charge on any atom is -0.497 e. The van der Waals surface area contributed by atoms with Crippen LogP contribution in [0.25, 0.3) is 0 Å². The van der Waals surface area contributed by atoms with E-state index in [4.69, 9.17) is 16.3 Å². The quantitative estimate of drug-likeness (QED) is 0.264. The minimum atomic E-state index is -3.88. The highest BCUT2D eigenvalue weighted by Gasteiger charge is 2.33. The van der Waals surface area contributed by atoms with E-state index in [1.54, 1.807) is 37.4 Å². The molecule has 0 radical (unpaired) electrons. The summed E-state index contributed by atoms with van der Waals surface area (Å²) in [6.45, 7) is 3.88. The number of carbonyl (C=O) groups is 2. The molecule has 0 saturated heterocycles. The number of benzene rings is 3. The molecule has 10 heteroatoms. The molecule has 3 aromatic rings. The largest absolute Gasteiger partial charge is 0.497 e. The number of hydrogen-bond donors (Lipinski definition) is 1. The molecule has 0 spiro atoms. The number of halogens is 1. The molecule has 0 aliphatic carbocycles. The number of ether oxygens (including phenoxy) is 1. The van der Waals surface area contributed by atoms with E-state index < -0.39 is 28.5 Å². The maximum atomic E-state index is 14.1. The number of amides is 2. The van der Waals surface area contributed by atoms with Gasteiger partial charge in [0.2, 0.25) is 21.8 Å². The molecule has 220 valence electrons. The van der Waals surface area contributed by atoms with Crippen LogP contribution in [-0.2, 0) is 32.6 Å². The fourth-order valence-corrected chi connectivity index (χ4v) is 5.39. The number of aryl methyl sites for hydroxylation is 1. The molecule has 0 heterocycles. The summed E-state index contributed by atoms with van der Waals surface area (Å²) in [6, 6.07) is 20.6. The second-order valence-electron chi connectivity index (χ2n) is 9.93. The van der Waals surface area contributed by atoms with E-state index in [2.05, 4.69) is 5.32 Å². The van der Waals surface area contributed by atoms with Crippen LogP contribution in [0.3, 0.4) is 0 Å². The number of anilines is 1. The smallest absolute Gasteiger partial charge is 0.244 e. The summed E-state index contributed by atoms with van der Waals surface area (Å²) in [4.78, 5) is 29.2. The Bertz CT molecular complexity index is 1430. The third-order valence-electron chi connectivity index (χ3n) is 6.71. The minimum absolute atomic E-state index is 0.0704. The summed E-state index contributed by atoms with van der Waals surface area (Å²) in [5.74, 6) is -0.224. The van der Waals surface area contributed by atoms with E-state index in [-0.39, 0.29) is 24.6 Å². The van der Waals surface area contributed by atoms with Crippen LogP contribution in [0.2, 0.25) is 5.02 Å². The average Bonchev–Trinajstić information content (AvgIpc) is 2.95. The molecule has 0 saturated carbocycles. The maximum Gasteiger partial charge on any atom is 0.244 e. The number of carbonyl (C=O) groups excluding carboxylic acids is 2. The normalized spacial score (nSPS) is 11.9. The van der Waals surface area contributed by atoms with Crippen molar-refractivity contribution in [2.24, 2.45) is 0 Å². The van der Waals surface area contributed by atoms with Gasteiger partial charge in [-0.05, 0) is 54.3 Å². The van der Waals surface area contributed by atoms with E-state index in [9.17, 15) is 18.0 Å². The lowest BCUT2D eigenvalue weighted by molar-refractivity contribution is -0.140. The van der Waals surface area contributed by atoms with Gasteiger partial charge >= 0.3 is 0 Å². The summed E-state index contributed by atoms with van der Waals surface area (Å²) in [5.41, 5.74) is 2.66. The van der Waals surface area contributed by atoms with Crippen molar-refractivity contribution in [3.8, 4) is 5.75 Å². The highest BCUT2D eigenvalue weighted by atomic mass is 35.5. The van der Waals surface area contributed by atoms with Crippen molar-refractivity contribution in [1.29, 1.82) is 0 Å². The topological polar surface area (TPSA) is 96.0 Å². The second kappa shape index (κ2) is 14.9. The number of unbranched alkanes of at least 4 members (excludes halogenated alkanes) is 1. The van der Waals surface area contributed by atoms with Crippen LogP contribution in [0.5, 0.6) is 5.75 Å². The van der Waals surface area contributed by atoms with E-state index >= 15 is 0 Å². The van der Waals surface area contributed by atoms with Crippen LogP contribution in [0.15, 0.2) is 72.8 Å². The standard InChI is InChI=1S/C31H38ClN3O5S/c1-5-6-17-33-31(37)29(19-24-11-8-7-9-12-24)34(21-25-13-10-14-27(18-25)40-3)30(36)22-35(41(4,38)39)26-16-15-23(2)28(32)20-26/h7-16,18,20,29H,5-6,17,19,21-22H2,1-4H3,(H,33,37)/t29-/m1/s1. The number of sulfonamides is 1. The first kappa shape index (κ1) is 32.0. The molecule has 41 heavy (non-hydrogen) atoms. The van der Waals surface area contributed by atoms with Crippen molar-refractivity contribution in [1.82, 2.24) is 10.2 Å². The summed E-state index contributed by atoms with van der Waals surface area (Å²) >= 11 is 6.30. The third-order valence-corrected chi connectivity index (χ3v) is 8.26. The average molecular weight is 600 g/mol. The molecule has 8 nitrogen and oxygen atoms in total. The van der Waals surface area contributed by atoms with Crippen molar-refractivity contribution < 1.29 is 22.7 Å². The lowest BCUT2D eigenvalue weighted by Gasteiger charge is -2.33. The molecule has 1 atom stereocenters. The van der Waals surface area contributed by atoms with E-state index in [1.165, 1.54) is 11.0 Å². The van der Waals surface area contributed by atoms with E-state index in [0.717, 1.165) is 40.1 Å². The molecule has 0 aliphatic heterocycles. The van der Waals surface area contributed by atoms with Gasteiger partial charge in [-0.15, -0.1) is 0 Å². The van der Waals surface area contributed by atoms with Gasteiger partial charge in [-0.1, -0.05) is 73.5 Å². The third kappa shape index (κ3) is 9.23. The zero-order valence-corrected chi connectivity index (χ0v) is 25.5. The van der Waals surface area contributed by atoms with Crippen molar-refractivity contribution in [3.63, 3.8) is 0 Å². The van der Waals surface area contributed by atoms with Crippen molar-refractivity contribution >= 4 is 39.1 Å². The molecule has 2 amide bonds. The summed E-state index contributed by atoms with van der Waals surface area (Å²) in [5, 5.41) is 3.35. The fourth-order valence-electron chi connectivity index (χ4n) is 4.38. The predicted octanol–water partition coefficient (Wildman–Crippen LogP) is 4.98. The zero-order valence-electron chi connectivity index (χ0n) is 24.0. The Labute approximate surface area is 248 Å². The van der Waals surface area contributed by atoms with Crippen molar-refractivity contribution in [2.75, 3.05) is 30.8 Å². The summed E-state index contributed by atoms with van der Waals surface area (Å²) < 4.78 is 32.2. The molecule has 0 unspecified atom stereocenters. The van der Waals surface area contributed by atoms with Gasteiger partial charge in [0.05, 0.1) is 19.1 Å². The Morgan fingerprint density at radius 1 is 1.00 bits per heavy atom. The SMILES string of the molecule is CCCCNC(=O)[C@@H](Cc1ccccc1)N(Cc1cccc(OC)c1)C(=O)CN(c1ccc(C)c(Cl)c1)S(C)(=O)=O. The van der Waals surface area contributed by atoms with Gasteiger partial charge in [0, 0.05) is 24.5 Å². The number of methoxy groups -OCH3 is 1. The molecule has 3 aromatic carbocycles. The number of nitrogens with one attached hydrogen (secondary N) is 1. The Kier molecular flexibility index (Phi) is 11.6. The number of hydrogen-bond acceptors (Lipinski definition) is 5. The van der Waals surface area contributed by atoms with Gasteiger partial charge in [-0.25, -0.2) is 8.42 Å². The van der Waals surface area contributed by atoms with E-state index in [1.807, 2.05) is 50.2 Å². The van der Waals surface area contributed by atoms with E-state index in [0.29, 0.717) is 17.3 Å². The predicted molar refractivity (Wildman–Crippen MR) is 164 cm³/mol. The highest BCUT2D eigenvalue weighted by molar-refractivity contribution is 7.92. The Balaban J connectivity index is 2.06. The molecule has 0 bridgehead atoms. The summed E-state index contributed by atoms with van der Waals surface area (Å²) in [6.07, 6.45) is 2.99. The van der Waals surface area contributed by atoms with Gasteiger partial charge in [-0.3, -0.25) is 13.9 Å². The molecule has 1 N–H and O–H groups in total. The monoisotopic (exact) mass is 599 g/mol. The highest BCUT2D eigenvalue weighted by Crippen LogP contribution is 2.26. The van der Waals surface area contributed by atoms with Gasteiger partial charge < -0.3 is 15.0 Å². The van der Waals surface area contributed by atoms with Crippen molar-refractivity contribution in [2.45, 2.75) is 45.7 Å². The lowest BCUT2D eigenvalue weighted by Crippen LogP contribution is -2.53. The number of rotatable bonds is 14. The van der Waals surface area contributed by atoms with Crippen LogP contribution < -0.4 is 14.4 Å². The lowest BCUT2D eigenvalue weighted by atomic mass is 10.0. The fraction of sp³-hybridized carbons (Fsp3) is 0.355. The first-order valence-corrected chi connectivity index (χ1v) is 15.7. The molecule has 0 fully saturated rings. The first-order valence-electron chi connectivity index (χ1n) is 13.5. The zero-order chi connectivity index (χ0) is 30.0. The summed E-state index contributed by atoms with van der Waals surface area (Å²) in [7, 11) is -2.32. The van der Waals surface area contributed by atoms with Gasteiger partial charge in [0.15, 0.2) is 0 Å². The second-order valence-corrected chi connectivity index (χ2v) is 12.2. The van der Waals surface area contributed by atoms with Crippen molar-refractivity contribution in [3.05, 3.63) is 94.5 Å².